The first-order valence-electron chi connectivity index (χ1n) is 9.62. The molecule has 1 aliphatic rings. The number of benzene rings is 2. The highest BCUT2D eigenvalue weighted by molar-refractivity contribution is 6.35. The van der Waals surface area contributed by atoms with Gasteiger partial charge in [-0.15, -0.1) is 0 Å². The van der Waals surface area contributed by atoms with Gasteiger partial charge in [-0.2, -0.15) is 15.0 Å². The fraction of sp³-hybridized carbons (Fsp3) is 0.286. The summed E-state index contributed by atoms with van der Waals surface area (Å²) in [6.45, 7) is 6.82. The standard InChI is InChI=1S/C21H22Cl2N6O/c1-13-7-14(2)9-17(8-13)24-19-26-20(25-18-11-15(22)10-16(23)12-18)28-21(27-19)29-3-5-30-6-4-29/h7-12H,3-6H2,1-2H3,(H2,24,25,26,27,28). The molecule has 9 heteroatoms. The van der Waals surface area contributed by atoms with Gasteiger partial charge in [0.2, 0.25) is 17.8 Å². The summed E-state index contributed by atoms with van der Waals surface area (Å²) >= 11 is 12.3. The molecule has 2 heterocycles. The van der Waals surface area contributed by atoms with E-state index in [-0.39, 0.29) is 0 Å². The molecule has 0 saturated carbocycles. The van der Waals surface area contributed by atoms with Crippen LogP contribution in [-0.2, 0) is 4.74 Å². The molecule has 0 unspecified atom stereocenters. The van der Waals surface area contributed by atoms with Crippen molar-refractivity contribution in [2.75, 3.05) is 41.8 Å². The fourth-order valence-corrected chi connectivity index (χ4v) is 3.84. The van der Waals surface area contributed by atoms with E-state index in [0.717, 1.165) is 29.9 Å². The first kappa shape index (κ1) is 20.7. The van der Waals surface area contributed by atoms with Crippen molar-refractivity contribution in [2.45, 2.75) is 13.8 Å². The Morgan fingerprint density at radius 3 is 1.87 bits per heavy atom. The van der Waals surface area contributed by atoms with Gasteiger partial charge in [-0.3, -0.25) is 0 Å². The van der Waals surface area contributed by atoms with Gasteiger partial charge in [0.25, 0.3) is 0 Å². The van der Waals surface area contributed by atoms with Gasteiger partial charge in [0.1, 0.15) is 0 Å². The number of aromatic nitrogens is 3. The maximum Gasteiger partial charge on any atom is 0.233 e. The molecular formula is C21H22Cl2N6O. The molecule has 3 aromatic rings. The van der Waals surface area contributed by atoms with E-state index >= 15 is 0 Å². The smallest absolute Gasteiger partial charge is 0.233 e. The van der Waals surface area contributed by atoms with Gasteiger partial charge in [-0.05, 0) is 55.3 Å². The van der Waals surface area contributed by atoms with E-state index in [2.05, 4.69) is 62.5 Å². The normalized spacial score (nSPS) is 13.9. The van der Waals surface area contributed by atoms with Crippen LogP contribution in [-0.4, -0.2) is 41.3 Å². The van der Waals surface area contributed by atoms with Crippen molar-refractivity contribution < 1.29 is 4.74 Å². The van der Waals surface area contributed by atoms with Crippen LogP contribution in [0.1, 0.15) is 11.1 Å². The number of nitrogens with zero attached hydrogens (tertiary/aromatic N) is 4. The van der Waals surface area contributed by atoms with Crippen molar-refractivity contribution in [3.63, 3.8) is 0 Å². The van der Waals surface area contributed by atoms with Gasteiger partial charge in [-0.1, -0.05) is 29.3 Å². The number of aryl methyl sites for hydroxylation is 2. The van der Waals surface area contributed by atoms with Crippen molar-refractivity contribution >= 4 is 52.4 Å². The lowest BCUT2D eigenvalue weighted by molar-refractivity contribution is 0.122. The fourth-order valence-electron chi connectivity index (χ4n) is 3.31. The van der Waals surface area contributed by atoms with Gasteiger partial charge in [-0.25, -0.2) is 0 Å². The van der Waals surface area contributed by atoms with Crippen LogP contribution >= 0.6 is 23.2 Å². The average Bonchev–Trinajstić information content (AvgIpc) is 2.67. The van der Waals surface area contributed by atoms with E-state index in [9.17, 15) is 0 Å². The predicted octanol–water partition coefficient (Wildman–Crippen LogP) is 5.12. The lowest BCUT2D eigenvalue weighted by atomic mass is 10.1. The molecule has 1 aromatic heterocycles. The summed E-state index contributed by atoms with van der Waals surface area (Å²) in [5, 5.41) is 7.54. The van der Waals surface area contributed by atoms with Crippen LogP contribution < -0.4 is 15.5 Å². The predicted molar refractivity (Wildman–Crippen MR) is 122 cm³/mol. The lowest BCUT2D eigenvalue weighted by Crippen LogP contribution is -2.37. The number of nitrogens with one attached hydrogen (secondary N) is 2. The van der Waals surface area contributed by atoms with Crippen LogP contribution in [0.15, 0.2) is 36.4 Å². The second-order valence-corrected chi connectivity index (χ2v) is 8.04. The van der Waals surface area contributed by atoms with Crippen LogP contribution in [0.4, 0.5) is 29.2 Å². The highest BCUT2D eigenvalue weighted by atomic mass is 35.5. The van der Waals surface area contributed by atoms with E-state index in [1.807, 2.05) is 0 Å². The number of ether oxygens (including phenoxy) is 1. The minimum Gasteiger partial charge on any atom is -0.378 e. The summed E-state index contributed by atoms with van der Waals surface area (Å²) in [4.78, 5) is 15.9. The second-order valence-electron chi connectivity index (χ2n) is 7.17. The lowest BCUT2D eigenvalue weighted by Gasteiger charge is -2.27. The molecule has 2 aromatic carbocycles. The zero-order valence-electron chi connectivity index (χ0n) is 16.7. The molecule has 0 radical (unpaired) electrons. The number of hydrogen-bond donors (Lipinski definition) is 2. The molecule has 7 nitrogen and oxygen atoms in total. The minimum atomic E-state index is 0.400. The number of morpholine rings is 1. The molecule has 4 rings (SSSR count). The zero-order valence-corrected chi connectivity index (χ0v) is 18.3. The van der Waals surface area contributed by atoms with Crippen LogP contribution in [0.3, 0.4) is 0 Å². The molecule has 1 aliphatic heterocycles. The van der Waals surface area contributed by atoms with Gasteiger partial charge >= 0.3 is 0 Å². The number of rotatable bonds is 5. The topological polar surface area (TPSA) is 75.2 Å². The SMILES string of the molecule is Cc1cc(C)cc(Nc2nc(Nc3cc(Cl)cc(Cl)c3)nc(N3CCOCC3)n2)c1. The van der Waals surface area contributed by atoms with Gasteiger partial charge in [0.05, 0.1) is 13.2 Å². The monoisotopic (exact) mass is 444 g/mol. The highest BCUT2D eigenvalue weighted by Crippen LogP contribution is 2.26. The summed E-state index contributed by atoms with van der Waals surface area (Å²) in [6.07, 6.45) is 0. The number of anilines is 5. The van der Waals surface area contributed by atoms with Gasteiger partial charge in [0.15, 0.2) is 0 Å². The highest BCUT2D eigenvalue weighted by Gasteiger charge is 2.17. The molecule has 1 fully saturated rings. The van der Waals surface area contributed by atoms with Crippen LogP contribution in [0.5, 0.6) is 0 Å². The molecular weight excluding hydrogens is 423 g/mol. The zero-order chi connectivity index (χ0) is 21.1. The molecule has 1 saturated heterocycles. The number of hydrogen-bond acceptors (Lipinski definition) is 7. The van der Waals surface area contributed by atoms with E-state index < -0.39 is 0 Å². The van der Waals surface area contributed by atoms with Gasteiger partial charge in [0, 0.05) is 34.5 Å². The molecule has 0 atom stereocenters. The Kier molecular flexibility index (Phi) is 6.22. The third kappa shape index (κ3) is 5.30. The van der Waals surface area contributed by atoms with Crippen molar-refractivity contribution in [1.29, 1.82) is 0 Å². The quantitative estimate of drug-likeness (QED) is 0.565. The Hall–Kier alpha value is -2.61. The average molecular weight is 445 g/mol. The Bertz CT molecular complexity index is 943. The van der Waals surface area contributed by atoms with Crippen LogP contribution in [0, 0.1) is 13.8 Å². The van der Waals surface area contributed by atoms with E-state index in [1.54, 1.807) is 18.2 Å². The maximum atomic E-state index is 6.13. The summed E-state index contributed by atoms with van der Waals surface area (Å²) in [7, 11) is 0. The Balaban J connectivity index is 1.68. The molecule has 0 spiro atoms. The number of halogens is 2. The van der Waals surface area contributed by atoms with E-state index in [0.29, 0.717) is 46.8 Å². The molecule has 0 amide bonds. The minimum absolute atomic E-state index is 0.400. The molecule has 0 aliphatic carbocycles. The third-order valence-electron chi connectivity index (χ3n) is 4.51. The largest absolute Gasteiger partial charge is 0.378 e. The third-order valence-corrected chi connectivity index (χ3v) is 4.95. The van der Waals surface area contributed by atoms with Crippen molar-refractivity contribution in [3.05, 3.63) is 57.6 Å². The Labute approximate surface area is 185 Å². The van der Waals surface area contributed by atoms with E-state index in [1.165, 1.54) is 0 Å². The van der Waals surface area contributed by atoms with E-state index in [4.69, 9.17) is 27.9 Å². The summed E-state index contributed by atoms with van der Waals surface area (Å²) in [5.74, 6) is 1.43. The first-order chi connectivity index (χ1) is 14.4. The summed E-state index contributed by atoms with van der Waals surface area (Å²) in [6, 6.07) is 11.4. The summed E-state index contributed by atoms with van der Waals surface area (Å²) in [5.41, 5.74) is 3.94. The molecule has 2 N–H and O–H groups in total. The summed E-state index contributed by atoms with van der Waals surface area (Å²) < 4.78 is 5.45. The molecule has 30 heavy (non-hydrogen) atoms. The maximum absolute atomic E-state index is 6.13. The van der Waals surface area contributed by atoms with Crippen LogP contribution in [0.2, 0.25) is 10.0 Å². The van der Waals surface area contributed by atoms with Gasteiger partial charge < -0.3 is 20.3 Å². The Morgan fingerprint density at radius 2 is 1.30 bits per heavy atom. The first-order valence-corrected chi connectivity index (χ1v) is 10.4. The second kappa shape index (κ2) is 9.04. The van der Waals surface area contributed by atoms with Crippen LogP contribution in [0.25, 0.3) is 0 Å². The molecule has 0 bridgehead atoms. The molecule has 156 valence electrons. The van der Waals surface area contributed by atoms with Crippen molar-refractivity contribution in [1.82, 2.24) is 15.0 Å². The van der Waals surface area contributed by atoms with Crippen molar-refractivity contribution in [2.24, 2.45) is 0 Å². The Morgan fingerprint density at radius 1 is 0.767 bits per heavy atom. The van der Waals surface area contributed by atoms with Crippen molar-refractivity contribution in [3.8, 4) is 0 Å².